The summed E-state index contributed by atoms with van der Waals surface area (Å²) in [6.07, 6.45) is 5.56. The van der Waals surface area contributed by atoms with Crippen molar-refractivity contribution in [2.45, 2.75) is 57.9 Å². The Morgan fingerprint density at radius 2 is 2.11 bits per heavy atom. The van der Waals surface area contributed by atoms with Crippen LogP contribution in [0.5, 0.6) is 0 Å². The molecule has 2 N–H and O–H groups in total. The van der Waals surface area contributed by atoms with Crippen LogP contribution in [0.3, 0.4) is 0 Å². The van der Waals surface area contributed by atoms with Gasteiger partial charge in [0, 0.05) is 11.5 Å². The number of azide groups is 1. The largest absolute Gasteiger partial charge is 0.480 e. The highest BCUT2D eigenvalue weighted by atomic mass is 16.4. The molecule has 0 aromatic heterocycles. The maximum atomic E-state index is 11.3. The first kappa shape index (κ1) is 16.7. The second-order valence-corrected chi connectivity index (χ2v) is 4.68. The first-order valence-corrected chi connectivity index (χ1v) is 6.56. The van der Waals surface area contributed by atoms with Crippen LogP contribution in [0.1, 0.15) is 52.4 Å². The fourth-order valence-electron chi connectivity index (χ4n) is 1.74. The summed E-state index contributed by atoms with van der Waals surface area (Å²) in [5.41, 5.74) is 7.25. The van der Waals surface area contributed by atoms with Gasteiger partial charge in [0.1, 0.15) is 5.54 Å². The smallest absolute Gasteiger partial charge is 0.323 e. The number of hydrogen-bond acceptors (Lipinski definition) is 3. The van der Waals surface area contributed by atoms with Crippen molar-refractivity contribution in [3.8, 4) is 0 Å². The molecule has 0 aromatic carbocycles. The van der Waals surface area contributed by atoms with Crippen molar-refractivity contribution in [2.75, 3.05) is 13.1 Å². The molecule has 1 atom stereocenters. The highest BCUT2D eigenvalue weighted by molar-refractivity contribution is 5.78. The summed E-state index contributed by atoms with van der Waals surface area (Å²) in [4.78, 5) is 13.9. The van der Waals surface area contributed by atoms with E-state index in [4.69, 9.17) is 5.53 Å². The average Bonchev–Trinajstić information content (AvgIpc) is 2.34. The Kier molecular flexibility index (Phi) is 9.06. The molecule has 6 nitrogen and oxygen atoms in total. The zero-order valence-corrected chi connectivity index (χ0v) is 11.4. The predicted octanol–water partition coefficient (Wildman–Crippen LogP) is 3.09. The third-order valence-electron chi connectivity index (χ3n) is 3.02. The number of rotatable bonds is 11. The summed E-state index contributed by atoms with van der Waals surface area (Å²) >= 11 is 0. The number of unbranched alkanes of at least 4 members (excludes halogenated alkanes) is 3. The molecule has 0 aromatic rings. The normalized spacial score (nSPS) is 13.7. The molecule has 0 saturated heterocycles. The Balaban J connectivity index is 4.01. The molecular weight excluding hydrogens is 232 g/mol. The van der Waals surface area contributed by atoms with Crippen LogP contribution in [0.25, 0.3) is 10.4 Å². The molecule has 18 heavy (non-hydrogen) atoms. The van der Waals surface area contributed by atoms with Gasteiger partial charge < -0.3 is 10.4 Å². The molecule has 0 spiro atoms. The number of carbonyl (C=O) groups is 1. The molecule has 1 unspecified atom stereocenters. The molecule has 104 valence electrons. The van der Waals surface area contributed by atoms with E-state index in [1.165, 1.54) is 0 Å². The number of carboxylic acids is 1. The SMILES string of the molecule is CCCCCCC(C)(NCCCN=[N+]=[N-])C(=O)O. The van der Waals surface area contributed by atoms with E-state index in [1.807, 2.05) is 0 Å². The number of hydrogen-bond donors (Lipinski definition) is 2. The summed E-state index contributed by atoms with van der Waals surface area (Å²) in [7, 11) is 0. The van der Waals surface area contributed by atoms with Gasteiger partial charge in [-0.05, 0) is 31.8 Å². The second-order valence-electron chi connectivity index (χ2n) is 4.68. The van der Waals surface area contributed by atoms with Gasteiger partial charge in [0.25, 0.3) is 0 Å². The lowest BCUT2D eigenvalue weighted by Gasteiger charge is -2.26. The number of nitrogens with zero attached hydrogens (tertiary/aromatic N) is 3. The van der Waals surface area contributed by atoms with Crippen LogP contribution in [-0.2, 0) is 4.79 Å². The fourth-order valence-corrected chi connectivity index (χ4v) is 1.74. The Labute approximate surface area is 108 Å². The summed E-state index contributed by atoms with van der Waals surface area (Å²) in [6.45, 7) is 4.80. The van der Waals surface area contributed by atoms with Crippen molar-refractivity contribution in [1.29, 1.82) is 0 Å². The summed E-state index contributed by atoms with van der Waals surface area (Å²) in [5.74, 6) is -0.817. The molecule has 0 rings (SSSR count). The minimum absolute atomic E-state index is 0.398. The Morgan fingerprint density at radius 1 is 1.39 bits per heavy atom. The first-order chi connectivity index (χ1) is 8.56. The monoisotopic (exact) mass is 256 g/mol. The van der Waals surface area contributed by atoms with Crippen LogP contribution in [-0.4, -0.2) is 29.7 Å². The zero-order chi connectivity index (χ0) is 13.9. The van der Waals surface area contributed by atoms with E-state index >= 15 is 0 Å². The molecular formula is C12H24N4O2. The Bertz CT molecular complexity index is 290. The number of carboxylic acid groups (broad SMARTS) is 1. The van der Waals surface area contributed by atoms with E-state index in [2.05, 4.69) is 22.3 Å². The zero-order valence-electron chi connectivity index (χ0n) is 11.4. The van der Waals surface area contributed by atoms with E-state index in [9.17, 15) is 9.90 Å². The van der Waals surface area contributed by atoms with Gasteiger partial charge in [-0.3, -0.25) is 4.79 Å². The number of nitrogens with one attached hydrogen (secondary N) is 1. The molecule has 0 radical (unpaired) electrons. The molecule has 0 aliphatic rings. The Morgan fingerprint density at radius 3 is 2.67 bits per heavy atom. The van der Waals surface area contributed by atoms with Crippen LogP contribution < -0.4 is 5.32 Å². The molecule has 0 saturated carbocycles. The Hall–Kier alpha value is -1.26. The third-order valence-corrected chi connectivity index (χ3v) is 3.02. The van der Waals surface area contributed by atoms with Gasteiger partial charge in [0.05, 0.1) is 0 Å². The van der Waals surface area contributed by atoms with E-state index in [1.54, 1.807) is 6.92 Å². The van der Waals surface area contributed by atoms with Crippen molar-refractivity contribution in [3.63, 3.8) is 0 Å². The summed E-state index contributed by atoms with van der Waals surface area (Å²) in [5, 5.41) is 15.7. The second kappa shape index (κ2) is 9.74. The van der Waals surface area contributed by atoms with Crippen molar-refractivity contribution in [1.82, 2.24) is 5.32 Å². The van der Waals surface area contributed by atoms with E-state index < -0.39 is 11.5 Å². The van der Waals surface area contributed by atoms with Crippen LogP contribution >= 0.6 is 0 Å². The maximum Gasteiger partial charge on any atom is 0.323 e. The summed E-state index contributed by atoms with van der Waals surface area (Å²) in [6, 6.07) is 0. The standard InChI is InChI=1S/C12H24N4O2/c1-3-4-5-6-8-12(2,11(17)18)14-9-7-10-15-16-13/h14H,3-10H2,1-2H3,(H,17,18). The van der Waals surface area contributed by atoms with Gasteiger partial charge in [-0.2, -0.15) is 0 Å². The molecule has 6 heteroatoms. The quantitative estimate of drug-likeness (QED) is 0.257. The average molecular weight is 256 g/mol. The first-order valence-electron chi connectivity index (χ1n) is 6.56. The van der Waals surface area contributed by atoms with Gasteiger partial charge in [0.2, 0.25) is 0 Å². The lowest BCUT2D eigenvalue weighted by Crippen LogP contribution is -2.49. The minimum atomic E-state index is -0.871. The van der Waals surface area contributed by atoms with Crippen LogP contribution in [0.2, 0.25) is 0 Å². The van der Waals surface area contributed by atoms with Crippen LogP contribution in [0.15, 0.2) is 5.11 Å². The van der Waals surface area contributed by atoms with Gasteiger partial charge >= 0.3 is 5.97 Å². The minimum Gasteiger partial charge on any atom is -0.480 e. The van der Waals surface area contributed by atoms with Crippen LogP contribution in [0.4, 0.5) is 0 Å². The molecule has 0 bridgehead atoms. The van der Waals surface area contributed by atoms with Crippen molar-refractivity contribution in [3.05, 3.63) is 10.4 Å². The van der Waals surface area contributed by atoms with E-state index in [0.717, 1.165) is 25.7 Å². The highest BCUT2D eigenvalue weighted by Gasteiger charge is 2.31. The van der Waals surface area contributed by atoms with Crippen molar-refractivity contribution >= 4 is 5.97 Å². The van der Waals surface area contributed by atoms with E-state index in [0.29, 0.717) is 25.9 Å². The highest BCUT2D eigenvalue weighted by Crippen LogP contribution is 2.16. The molecule has 0 heterocycles. The number of aliphatic carboxylic acids is 1. The lowest BCUT2D eigenvalue weighted by molar-refractivity contribution is -0.144. The fraction of sp³-hybridized carbons (Fsp3) is 0.917. The maximum absolute atomic E-state index is 11.3. The van der Waals surface area contributed by atoms with Crippen LogP contribution in [0, 0.1) is 0 Å². The molecule has 0 fully saturated rings. The van der Waals surface area contributed by atoms with E-state index in [-0.39, 0.29) is 0 Å². The third kappa shape index (κ3) is 7.14. The summed E-state index contributed by atoms with van der Waals surface area (Å²) < 4.78 is 0. The van der Waals surface area contributed by atoms with Gasteiger partial charge in [-0.1, -0.05) is 37.7 Å². The van der Waals surface area contributed by atoms with Crippen molar-refractivity contribution < 1.29 is 9.90 Å². The van der Waals surface area contributed by atoms with Gasteiger partial charge in [-0.25, -0.2) is 0 Å². The topological polar surface area (TPSA) is 98.1 Å². The molecule has 0 aliphatic heterocycles. The lowest BCUT2D eigenvalue weighted by atomic mass is 9.94. The van der Waals surface area contributed by atoms with Gasteiger partial charge in [0.15, 0.2) is 0 Å². The molecule has 0 amide bonds. The van der Waals surface area contributed by atoms with Crippen molar-refractivity contribution in [2.24, 2.45) is 5.11 Å². The van der Waals surface area contributed by atoms with Gasteiger partial charge in [-0.15, -0.1) is 0 Å². The predicted molar refractivity (Wildman–Crippen MR) is 71.4 cm³/mol. The molecule has 0 aliphatic carbocycles.